The van der Waals surface area contributed by atoms with Gasteiger partial charge in [-0.05, 0) is 25.7 Å². The van der Waals surface area contributed by atoms with Gasteiger partial charge in [0.15, 0.2) is 0 Å². The number of allylic oxidation sites excluding steroid dienone is 1. The summed E-state index contributed by atoms with van der Waals surface area (Å²) in [5.41, 5.74) is 1.25. The summed E-state index contributed by atoms with van der Waals surface area (Å²) >= 11 is 0. The van der Waals surface area contributed by atoms with Crippen LogP contribution < -0.4 is 5.32 Å². The third-order valence-electron chi connectivity index (χ3n) is 3.15. The molecule has 0 unspecified atom stereocenters. The summed E-state index contributed by atoms with van der Waals surface area (Å²) in [4.78, 5) is 24.7. The predicted molar refractivity (Wildman–Crippen MR) is 60.8 cm³/mol. The molecule has 1 aliphatic carbocycles. The lowest BCUT2D eigenvalue weighted by atomic mass is 9.97. The van der Waals surface area contributed by atoms with Gasteiger partial charge in [-0.3, -0.25) is 9.59 Å². The van der Waals surface area contributed by atoms with Crippen molar-refractivity contribution in [3.05, 3.63) is 11.6 Å². The van der Waals surface area contributed by atoms with Crippen LogP contribution in [-0.4, -0.2) is 36.3 Å². The van der Waals surface area contributed by atoms with Crippen LogP contribution >= 0.6 is 0 Å². The first-order valence-electron chi connectivity index (χ1n) is 5.98. The fraction of sp³-hybridized carbons (Fsp3) is 0.667. The minimum Gasteiger partial charge on any atom is -0.353 e. The van der Waals surface area contributed by atoms with Crippen molar-refractivity contribution in [2.75, 3.05) is 19.6 Å². The van der Waals surface area contributed by atoms with Gasteiger partial charge >= 0.3 is 0 Å². The second-order valence-electron chi connectivity index (χ2n) is 4.45. The number of nitrogens with zero attached hydrogens (tertiary/aromatic N) is 1. The standard InChI is InChI=1S/C12H18N2O2/c15-11-9-14(7-6-13-11)12(16)8-10-4-2-1-3-5-10/h4H,1-3,5-9H2,(H,13,15). The Bertz CT molecular complexity index is 323. The zero-order valence-electron chi connectivity index (χ0n) is 9.50. The molecule has 4 nitrogen and oxygen atoms in total. The molecule has 2 amide bonds. The maximum Gasteiger partial charge on any atom is 0.239 e. The van der Waals surface area contributed by atoms with Crippen molar-refractivity contribution in [1.82, 2.24) is 10.2 Å². The number of hydrogen-bond donors (Lipinski definition) is 1. The minimum absolute atomic E-state index is 0.0442. The van der Waals surface area contributed by atoms with E-state index in [0.29, 0.717) is 19.5 Å². The van der Waals surface area contributed by atoms with Crippen LogP contribution in [-0.2, 0) is 9.59 Å². The molecule has 1 saturated heterocycles. The van der Waals surface area contributed by atoms with Crippen molar-refractivity contribution in [1.29, 1.82) is 0 Å². The largest absolute Gasteiger partial charge is 0.353 e. The molecule has 0 aromatic heterocycles. The summed E-state index contributed by atoms with van der Waals surface area (Å²) in [6, 6.07) is 0. The Morgan fingerprint density at radius 1 is 1.44 bits per heavy atom. The van der Waals surface area contributed by atoms with Crippen LogP contribution in [0.5, 0.6) is 0 Å². The Hall–Kier alpha value is -1.32. The Kier molecular flexibility index (Phi) is 3.59. The van der Waals surface area contributed by atoms with Gasteiger partial charge in [-0.1, -0.05) is 11.6 Å². The molecule has 0 bridgehead atoms. The minimum atomic E-state index is -0.0442. The average molecular weight is 222 g/mol. The Labute approximate surface area is 95.7 Å². The van der Waals surface area contributed by atoms with Crippen molar-refractivity contribution in [3.63, 3.8) is 0 Å². The van der Waals surface area contributed by atoms with Gasteiger partial charge in [0.2, 0.25) is 11.8 Å². The van der Waals surface area contributed by atoms with Crippen molar-refractivity contribution in [2.24, 2.45) is 0 Å². The maximum atomic E-state index is 11.9. The fourth-order valence-corrected chi connectivity index (χ4v) is 2.22. The van der Waals surface area contributed by atoms with E-state index >= 15 is 0 Å². The summed E-state index contributed by atoms with van der Waals surface area (Å²) in [5, 5.41) is 2.72. The number of carbonyl (C=O) groups excluding carboxylic acids is 2. The van der Waals surface area contributed by atoms with Crippen molar-refractivity contribution < 1.29 is 9.59 Å². The molecule has 2 aliphatic rings. The lowest BCUT2D eigenvalue weighted by Gasteiger charge is -2.27. The van der Waals surface area contributed by atoms with E-state index in [2.05, 4.69) is 11.4 Å². The molecule has 16 heavy (non-hydrogen) atoms. The zero-order chi connectivity index (χ0) is 11.4. The van der Waals surface area contributed by atoms with Crippen LogP contribution in [0.1, 0.15) is 32.1 Å². The molecule has 0 spiro atoms. The van der Waals surface area contributed by atoms with Crippen molar-refractivity contribution in [2.45, 2.75) is 32.1 Å². The lowest BCUT2D eigenvalue weighted by molar-refractivity contribution is -0.137. The van der Waals surface area contributed by atoms with Crippen LogP contribution in [0.2, 0.25) is 0 Å². The second kappa shape index (κ2) is 5.14. The third kappa shape index (κ3) is 2.84. The number of amides is 2. The maximum absolute atomic E-state index is 11.9. The lowest BCUT2D eigenvalue weighted by Crippen LogP contribution is -2.50. The quantitative estimate of drug-likeness (QED) is 0.704. The highest BCUT2D eigenvalue weighted by Gasteiger charge is 2.21. The topological polar surface area (TPSA) is 49.4 Å². The van der Waals surface area contributed by atoms with Crippen LogP contribution in [0.4, 0.5) is 0 Å². The number of piperazine rings is 1. The van der Waals surface area contributed by atoms with Crippen LogP contribution in [0, 0.1) is 0 Å². The monoisotopic (exact) mass is 222 g/mol. The second-order valence-corrected chi connectivity index (χ2v) is 4.45. The van der Waals surface area contributed by atoms with Gasteiger partial charge < -0.3 is 10.2 Å². The Morgan fingerprint density at radius 3 is 3.00 bits per heavy atom. The first-order chi connectivity index (χ1) is 7.75. The molecule has 1 aliphatic heterocycles. The third-order valence-corrected chi connectivity index (χ3v) is 3.15. The molecule has 0 aromatic rings. The van der Waals surface area contributed by atoms with E-state index in [1.165, 1.54) is 18.4 Å². The molecule has 1 heterocycles. The van der Waals surface area contributed by atoms with E-state index in [9.17, 15) is 9.59 Å². The smallest absolute Gasteiger partial charge is 0.239 e. The van der Waals surface area contributed by atoms with E-state index in [1.807, 2.05) is 0 Å². The van der Waals surface area contributed by atoms with Gasteiger partial charge in [-0.25, -0.2) is 0 Å². The highest BCUT2D eigenvalue weighted by atomic mass is 16.2. The normalized spacial score (nSPS) is 21.4. The van der Waals surface area contributed by atoms with E-state index in [-0.39, 0.29) is 18.4 Å². The van der Waals surface area contributed by atoms with Gasteiger partial charge in [0.05, 0.1) is 6.54 Å². The van der Waals surface area contributed by atoms with Crippen LogP contribution in [0.25, 0.3) is 0 Å². The molecule has 88 valence electrons. The molecule has 0 radical (unpaired) electrons. The molecular weight excluding hydrogens is 204 g/mol. The molecular formula is C12H18N2O2. The highest BCUT2D eigenvalue weighted by molar-refractivity contribution is 5.86. The Balaban J connectivity index is 1.87. The Morgan fingerprint density at radius 2 is 2.31 bits per heavy atom. The van der Waals surface area contributed by atoms with E-state index in [0.717, 1.165) is 12.8 Å². The van der Waals surface area contributed by atoms with Crippen LogP contribution in [0.3, 0.4) is 0 Å². The summed E-state index contributed by atoms with van der Waals surface area (Å²) in [5.74, 6) is 0.0558. The molecule has 1 N–H and O–H groups in total. The summed E-state index contributed by atoms with van der Waals surface area (Å²) in [6.45, 7) is 1.47. The molecule has 0 aromatic carbocycles. The number of rotatable bonds is 2. The summed E-state index contributed by atoms with van der Waals surface area (Å²) in [7, 11) is 0. The predicted octanol–water partition coefficient (Wildman–Crippen LogP) is 0.835. The van der Waals surface area contributed by atoms with Gasteiger partial charge in [0.25, 0.3) is 0 Å². The first-order valence-corrected chi connectivity index (χ1v) is 5.98. The summed E-state index contributed by atoms with van der Waals surface area (Å²) in [6.07, 6.45) is 7.27. The molecule has 0 saturated carbocycles. The van der Waals surface area contributed by atoms with Gasteiger partial charge in [-0.2, -0.15) is 0 Å². The van der Waals surface area contributed by atoms with Crippen molar-refractivity contribution >= 4 is 11.8 Å². The zero-order valence-corrected chi connectivity index (χ0v) is 9.50. The van der Waals surface area contributed by atoms with Gasteiger partial charge in [0.1, 0.15) is 0 Å². The average Bonchev–Trinajstić information content (AvgIpc) is 2.30. The molecule has 2 rings (SSSR count). The molecule has 1 fully saturated rings. The van der Waals surface area contributed by atoms with E-state index in [4.69, 9.17) is 0 Å². The first kappa shape index (κ1) is 11.2. The van der Waals surface area contributed by atoms with Gasteiger partial charge in [-0.15, -0.1) is 0 Å². The molecule has 4 heteroatoms. The van der Waals surface area contributed by atoms with Crippen LogP contribution in [0.15, 0.2) is 11.6 Å². The van der Waals surface area contributed by atoms with E-state index in [1.54, 1.807) is 4.90 Å². The van der Waals surface area contributed by atoms with Gasteiger partial charge in [0, 0.05) is 19.5 Å². The highest BCUT2D eigenvalue weighted by Crippen LogP contribution is 2.20. The SMILES string of the molecule is O=C1CN(C(=O)CC2=CCCCC2)CCN1. The van der Waals surface area contributed by atoms with Crippen molar-refractivity contribution in [3.8, 4) is 0 Å². The fourth-order valence-electron chi connectivity index (χ4n) is 2.22. The number of hydrogen-bond acceptors (Lipinski definition) is 2. The summed E-state index contributed by atoms with van der Waals surface area (Å²) < 4.78 is 0. The number of carbonyl (C=O) groups is 2. The number of nitrogens with one attached hydrogen (secondary N) is 1. The van der Waals surface area contributed by atoms with E-state index < -0.39 is 0 Å². The molecule has 0 atom stereocenters.